The number of anilines is 2. The summed E-state index contributed by atoms with van der Waals surface area (Å²) in [5.41, 5.74) is 6.74. The van der Waals surface area contributed by atoms with Crippen LogP contribution in [0.5, 0.6) is 0 Å². The molecule has 1 aliphatic heterocycles. The number of hydrogen-bond acceptors (Lipinski definition) is 4. The van der Waals surface area contributed by atoms with Gasteiger partial charge in [0.25, 0.3) is 0 Å². The van der Waals surface area contributed by atoms with Crippen LogP contribution in [-0.4, -0.2) is 35.3 Å². The first-order valence-electron chi connectivity index (χ1n) is 5.61. The summed E-state index contributed by atoms with van der Waals surface area (Å²) < 4.78 is 0. The zero-order valence-corrected chi connectivity index (χ0v) is 9.47. The topological polar surface area (TPSA) is 91.5 Å². The van der Waals surface area contributed by atoms with Crippen LogP contribution >= 0.6 is 0 Å². The second-order valence-corrected chi connectivity index (χ2v) is 4.12. The predicted octanol–water partition coefficient (Wildman–Crippen LogP) is 0.900. The molecule has 92 valence electrons. The van der Waals surface area contributed by atoms with Gasteiger partial charge in [0.2, 0.25) is 0 Å². The molecule has 1 amide bonds. The van der Waals surface area contributed by atoms with E-state index in [9.17, 15) is 4.79 Å². The number of nitrogens with zero attached hydrogens (tertiary/aromatic N) is 2. The van der Waals surface area contributed by atoms with Crippen LogP contribution in [0.4, 0.5) is 16.3 Å². The van der Waals surface area contributed by atoms with Crippen LogP contribution in [0, 0.1) is 0 Å². The summed E-state index contributed by atoms with van der Waals surface area (Å²) in [5, 5.41) is 11.1. The Balaban J connectivity index is 1.95. The molecule has 4 N–H and O–H groups in total. The highest BCUT2D eigenvalue weighted by Gasteiger charge is 2.21. The van der Waals surface area contributed by atoms with Crippen molar-refractivity contribution in [1.82, 2.24) is 10.3 Å². The van der Waals surface area contributed by atoms with E-state index >= 15 is 0 Å². The minimum absolute atomic E-state index is 0.0432. The quantitative estimate of drug-likeness (QED) is 0.709. The number of nitrogens with two attached hydrogens (primary N) is 1. The van der Waals surface area contributed by atoms with E-state index in [0.29, 0.717) is 5.82 Å². The maximum Gasteiger partial charge on any atom is 0.404 e. The molecule has 0 saturated carbocycles. The van der Waals surface area contributed by atoms with E-state index < -0.39 is 6.09 Å². The number of aromatic nitrogens is 1. The van der Waals surface area contributed by atoms with Crippen LogP contribution in [0.25, 0.3) is 0 Å². The summed E-state index contributed by atoms with van der Waals surface area (Å²) in [7, 11) is 0. The van der Waals surface area contributed by atoms with Crippen molar-refractivity contribution in [2.75, 3.05) is 23.7 Å². The van der Waals surface area contributed by atoms with Crippen molar-refractivity contribution in [3.05, 3.63) is 18.3 Å². The Bertz CT molecular complexity index is 402. The number of hydrogen-bond donors (Lipinski definition) is 3. The normalized spacial score (nSPS) is 16.8. The van der Waals surface area contributed by atoms with Gasteiger partial charge in [0.1, 0.15) is 5.82 Å². The summed E-state index contributed by atoms with van der Waals surface area (Å²) >= 11 is 0. The lowest BCUT2D eigenvalue weighted by Crippen LogP contribution is -2.44. The molecule has 0 bridgehead atoms. The molecule has 1 aliphatic rings. The fourth-order valence-corrected chi connectivity index (χ4v) is 2.12. The third kappa shape index (κ3) is 2.77. The van der Waals surface area contributed by atoms with Crippen molar-refractivity contribution in [3.8, 4) is 0 Å². The number of pyridine rings is 1. The monoisotopic (exact) mass is 236 g/mol. The van der Waals surface area contributed by atoms with Gasteiger partial charge in [-0.25, -0.2) is 9.78 Å². The van der Waals surface area contributed by atoms with Crippen molar-refractivity contribution in [1.29, 1.82) is 0 Å². The van der Waals surface area contributed by atoms with Crippen molar-refractivity contribution in [2.24, 2.45) is 0 Å². The molecule has 1 aromatic heterocycles. The molecule has 0 spiro atoms. The number of carboxylic acid groups (broad SMARTS) is 1. The molecule has 1 fully saturated rings. The highest BCUT2D eigenvalue weighted by molar-refractivity contribution is 5.65. The first-order valence-corrected chi connectivity index (χ1v) is 5.61. The molecule has 0 unspecified atom stereocenters. The number of carbonyl (C=O) groups is 1. The van der Waals surface area contributed by atoms with Crippen LogP contribution in [0.1, 0.15) is 12.8 Å². The summed E-state index contributed by atoms with van der Waals surface area (Å²) in [6.45, 7) is 1.58. The van der Waals surface area contributed by atoms with Crippen LogP contribution in [0.3, 0.4) is 0 Å². The Kier molecular flexibility index (Phi) is 3.32. The van der Waals surface area contributed by atoms with E-state index in [4.69, 9.17) is 10.8 Å². The number of amides is 1. The first-order chi connectivity index (χ1) is 8.16. The fourth-order valence-electron chi connectivity index (χ4n) is 2.12. The predicted molar refractivity (Wildman–Crippen MR) is 65.0 cm³/mol. The summed E-state index contributed by atoms with van der Waals surface area (Å²) in [6, 6.07) is 3.84. The second kappa shape index (κ2) is 4.90. The summed E-state index contributed by atoms with van der Waals surface area (Å²) in [5.74, 6) is 0.525. The first kappa shape index (κ1) is 11.5. The third-order valence-electron chi connectivity index (χ3n) is 2.98. The fraction of sp³-hybridized carbons (Fsp3) is 0.455. The van der Waals surface area contributed by atoms with E-state index in [1.807, 2.05) is 12.1 Å². The van der Waals surface area contributed by atoms with Crippen LogP contribution in [0.2, 0.25) is 0 Å². The van der Waals surface area contributed by atoms with Gasteiger partial charge < -0.3 is 21.1 Å². The lowest BCUT2D eigenvalue weighted by atomic mass is 10.0. The van der Waals surface area contributed by atoms with Gasteiger partial charge in [-0.15, -0.1) is 0 Å². The van der Waals surface area contributed by atoms with Crippen molar-refractivity contribution < 1.29 is 9.90 Å². The molecule has 1 saturated heterocycles. The van der Waals surface area contributed by atoms with Crippen molar-refractivity contribution >= 4 is 17.6 Å². The zero-order chi connectivity index (χ0) is 12.3. The Hall–Kier alpha value is -1.98. The molecule has 0 atom stereocenters. The van der Waals surface area contributed by atoms with Gasteiger partial charge in [0, 0.05) is 25.3 Å². The molecule has 6 nitrogen and oxygen atoms in total. The largest absolute Gasteiger partial charge is 0.465 e. The summed E-state index contributed by atoms with van der Waals surface area (Å²) in [6.07, 6.45) is 2.29. The van der Waals surface area contributed by atoms with Gasteiger partial charge >= 0.3 is 6.09 Å². The molecule has 6 heteroatoms. The Morgan fingerprint density at radius 1 is 1.53 bits per heavy atom. The minimum Gasteiger partial charge on any atom is -0.465 e. The van der Waals surface area contributed by atoms with E-state index in [1.54, 1.807) is 6.20 Å². The molecule has 0 aromatic carbocycles. The standard InChI is InChI=1S/C11H16N4O2/c12-10-9(2-1-5-13-10)15-6-3-8(4-7-15)14-11(16)17/h1-2,5,8,14H,3-4,6-7H2,(H2,12,13)(H,16,17). The minimum atomic E-state index is -0.954. The van der Waals surface area contributed by atoms with Crippen LogP contribution in [-0.2, 0) is 0 Å². The van der Waals surface area contributed by atoms with Gasteiger partial charge in [-0.05, 0) is 25.0 Å². The van der Waals surface area contributed by atoms with E-state index in [0.717, 1.165) is 31.6 Å². The van der Waals surface area contributed by atoms with Crippen LogP contribution in [0.15, 0.2) is 18.3 Å². The van der Waals surface area contributed by atoms with Gasteiger partial charge in [-0.1, -0.05) is 0 Å². The molecule has 0 radical (unpaired) electrons. The number of piperidine rings is 1. The molecular formula is C11H16N4O2. The average Bonchev–Trinajstić information content (AvgIpc) is 2.30. The van der Waals surface area contributed by atoms with E-state index in [-0.39, 0.29) is 6.04 Å². The SMILES string of the molecule is Nc1ncccc1N1CCC(NC(=O)O)CC1. The molecule has 2 rings (SSSR count). The highest BCUT2D eigenvalue weighted by atomic mass is 16.4. The Labute approximate surface area is 99.4 Å². The van der Waals surface area contributed by atoms with Crippen molar-refractivity contribution in [2.45, 2.75) is 18.9 Å². The number of nitrogen functional groups attached to an aromatic ring is 1. The van der Waals surface area contributed by atoms with Crippen molar-refractivity contribution in [3.63, 3.8) is 0 Å². The van der Waals surface area contributed by atoms with Gasteiger partial charge in [0.15, 0.2) is 0 Å². The maximum absolute atomic E-state index is 10.5. The number of rotatable bonds is 2. The second-order valence-electron chi connectivity index (χ2n) is 4.12. The third-order valence-corrected chi connectivity index (χ3v) is 2.98. The lowest BCUT2D eigenvalue weighted by Gasteiger charge is -2.33. The molecule has 0 aliphatic carbocycles. The number of nitrogens with one attached hydrogen (secondary N) is 1. The Morgan fingerprint density at radius 3 is 2.82 bits per heavy atom. The van der Waals surface area contributed by atoms with Gasteiger partial charge in [0.05, 0.1) is 5.69 Å². The molecular weight excluding hydrogens is 220 g/mol. The van der Waals surface area contributed by atoms with Gasteiger partial charge in [-0.3, -0.25) is 0 Å². The lowest BCUT2D eigenvalue weighted by molar-refractivity contribution is 0.187. The average molecular weight is 236 g/mol. The smallest absolute Gasteiger partial charge is 0.404 e. The zero-order valence-electron chi connectivity index (χ0n) is 9.47. The maximum atomic E-state index is 10.5. The Morgan fingerprint density at radius 2 is 2.24 bits per heavy atom. The highest BCUT2D eigenvalue weighted by Crippen LogP contribution is 2.23. The summed E-state index contributed by atoms with van der Waals surface area (Å²) in [4.78, 5) is 16.7. The van der Waals surface area contributed by atoms with E-state index in [2.05, 4.69) is 15.2 Å². The van der Waals surface area contributed by atoms with Crippen LogP contribution < -0.4 is 16.0 Å². The molecule has 1 aromatic rings. The molecule has 17 heavy (non-hydrogen) atoms. The van der Waals surface area contributed by atoms with E-state index in [1.165, 1.54) is 0 Å². The van der Waals surface area contributed by atoms with Gasteiger partial charge in [-0.2, -0.15) is 0 Å². The molecule has 2 heterocycles.